The van der Waals surface area contributed by atoms with E-state index in [0.717, 1.165) is 32.4 Å². The van der Waals surface area contributed by atoms with Gasteiger partial charge in [-0.3, -0.25) is 9.48 Å². The molecule has 0 radical (unpaired) electrons. The number of likely N-dealkylation sites (tertiary alicyclic amines) is 1. The molecule has 2 heterocycles. The van der Waals surface area contributed by atoms with Crippen molar-refractivity contribution in [2.24, 2.45) is 11.1 Å². The lowest BCUT2D eigenvalue weighted by Gasteiger charge is -2.25. The highest BCUT2D eigenvalue weighted by molar-refractivity contribution is 5.92. The molecular formula is C13H23N5O. The number of nitrogens with zero attached hydrogens (tertiary/aromatic N) is 4. The molecule has 1 aromatic rings. The van der Waals surface area contributed by atoms with Gasteiger partial charge in [-0.05, 0) is 24.7 Å². The normalized spacial score (nSPS) is 17.9. The molecule has 2 N–H and O–H groups in total. The summed E-state index contributed by atoms with van der Waals surface area (Å²) < 4.78 is 1.62. The zero-order valence-corrected chi connectivity index (χ0v) is 11.8. The van der Waals surface area contributed by atoms with Crippen molar-refractivity contribution < 1.29 is 4.79 Å². The number of aromatic nitrogens is 3. The molecule has 0 bridgehead atoms. The minimum absolute atomic E-state index is 0.00736. The van der Waals surface area contributed by atoms with Crippen LogP contribution in [0.5, 0.6) is 0 Å². The van der Waals surface area contributed by atoms with Crippen molar-refractivity contribution in [1.29, 1.82) is 0 Å². The molecule has 0 aromatic carbocycles. The lowest BCUT2D eigenvalue weighted by atomic mass is 9.82. The van der Waals surface area contributed by atoms with Gasteiger partial charge in [-0.1, -0.05) is 19.1 Å². The van der Waals surface area contributed by atoms with E-state index in [1.54, 1.807) is 10.9 Å². The van der Waals surface area contributed by atoms with E-state index in [4.69, 9.17) is 5.73 Å². The van der Waals surface area contributed by atoms with Crippen LogP contribution in [0.25, 0.3) is 0 Å². The van der Waals surface area contributed by atoms with Crippen molar-refractivity contribution in [1.82, 2.24) is 19.9 Å². The highest BCUT2D eigenvalue weighted by Crippen LogP contribution is 2.37. The molecule has 2 rings (SSSR count). The summed E-state index contributed by atoms with van der Waals surface area (Å²) in [4.78, 5) is 14.3. The first-order valence-corrected chi connectivity index (χ1v) is 7.03. The summed E-state index contributed by atoms with van der Waals surface area (Å²) in [5.74, 6) is -0.00736. The molecule has 6 nitrogen and oxygen atoms in total. The smallest absolute Gasteiger partial charge is 0.276 e. The van der Waals surface area contributed by atoms with Crippen LogP contribution in [-0.2, 0) is 6.54 Å². The Morgan fingerprint density at radius 3 is 2.79 bits per heavy atom. The van der Waals surface area contributed by atoms with Crippen LogP contribution < -0.4 is 5.73 Å². The minimum atomic E-state index is -0.00736. The first-order valence-electron chi connectivity index (χ1n) is 7.03. The Kier molecular flexibility index (Phi) is 4.19. The Bertz CT molecular complexity index is 438. The van der Waals surface area contributed by atoms with E-state index in [-0.39, 0.29) is 5.91 Å². The van der Waals surface area contributed by atoms with E-state index < -0.39 is 0 Å². The van der Waals surface area contributed by atoms with E-state index in [1.807, 2.05) is 4.90 Å². The van der Waals surface area contributed by atoms with Gasteiger partial charge in [0.25, 0.3) is 5.91 Å². The third-order valence-electron chi connectivity index (χ3n) is 4.34. The SMILES string of the molecule is CCC1(CC)CCN(C(=O)c2cn(CCN)nn2)C1. The van der Waals surface area contributed by atoms with Crippen LogP contribution in [-0.4, -0.2) is 45.4 Å². The maximum Gasteiger partial charge on any atom is 0.276 e. The van der Waals surface area contributed by atoms with Crippen LogP contribution in [0.3, 0.4) is 0 Å². The molecule has 1 aliphatic rings. The minimum Gasteiger partial charge on any atom is -0.337 e. The van der Waals surface area contributed by atoms with E-state index >= 15 is 0 Å². The Morgan fingerprint density at radius 1 is 1.47 bits per heavy atom. The molecular weight excluding hydrogens is 242 g/mol. The van der Waals surface area contributed by atoms with Gasteiger partial charge in [0, 0.05) is 19.6 Å². The summed E-state index contributed by atoms with van der Waals surface area (Å²) in [5.41, 5.74) is 6.18. The second-order valence-corrected chi connectivity index (χ2v) is 5.34. The van der Waals surface area contributed by atoms with E-state index in [9.17, 15) is 4.79 Å². The number of carbonyl (C=O) groups is 1. The first kappa shape index (κ1) is 14.0. The van der Waals surface area contributed by atoms with Gasteiger partial charge in [0.2, 0.25) is 0 Å². The first-order chi connectivity index (χ1) is 9.14. The zero-order chi connectivity index (χ0) is 13.9. The lowest BCUT2D eigenvalue weighted by Crippen LogP contribution is -2.32. The molecule has 0 unspecified atom stereocenters. The quantitative estimate of drug-likeness (QED) is 0.857. The lowest BCUT2D eigenvalue weighted by molar-refractivity contribution is 0.0764. The number of amides is 1. The van der Waals surface area contributed by atoms with E-state index in [0.29, 0.717) is 24.2 Å². The Balaban J connectivity index is 2.04. The summed E-state index contributed by atoms with van der Waals surface area (Å²) in [7, 11) is 0. The monoisotopic (exact) mass is 265 g/mol. The molecule has 1 aliphatic heterocycles. The number of hydrogen-bond acceptors (Lipinski definition) is 4. The fourth-order valence-corrected chi connectivity index (χ4v) is 2.74. The maximum atomic E-state index is 12.4. The van der Waals surface area contributed by atoms with Crippen LogP contribution in [0.15, 0.2) is 6.20 Å². The van der Waals surface area contributed by atoms with Crippen molar-refractivity contribution in [3.05, 3.63) is 11.9 Å². The predicted molar refractivity (Wildman–Crippen MR) is 72.6 cm³/mol. The van der Waals surface area contributed by atoms with Gasteiger partial charge in [-0.2, -0.15) is 0 Å². The molecule has 1 fully saturated rings. The number of nitrogens with two attached hydrogens (primary N) is 1. The van der Waals surface area contributed by atoms with Crippen LogP contribution >= 0.6 is 0 Å². The highest BCUT2D eigenvalue weighted by Gasteiger charge is 2.37. The van der Waals surface area contributed by atoms with Gasteiger partial charge in [0.05, 0.1) is 12.7 Å². The summed E-state index contributed by atoms with van der Waals surface area (Å²) in [5, 5.41) is 7.86. The summed E-state index contributed by atoms with van der Waals surface area (Å²) >= 11 is 0. The standard InChI is InChI=1S/C13H23N5O/c1-3-13(4-2)5-7-17(10-13)12(19)11-9-18(8-6-14)16-15-11/h9H,3-8,10,14H2,1-2H3. The molecule has 1 amide bonds. The van der Waals surface area contributed by atoms with Gasteiger partial charge >= 0.3 is 0 Å². The van der Waals surface area contributed by atoms with Crippen LogP contribution in [0.2, 0.25) is 0 Å². The molecule has 1 saturated heterocycles. The summed E-state index contributed by atoms with van der Waals surface area (Å²) in [6, 6.07) is 0. The van der Waals surface area contributed by atoms with Crippen LogP contribution in [0, 0.1) is 5.41 Å². The van der Waals surface area contributed by atoms with Crippen LogP contribution in [0.1, 0.15) is 43.6 Å². The van der Waals surface area contributed by atoms with Crippen molar-refractivity contribution in [2.45, 2.75) is 39.7 Å². The molecule has 1 aromatic heterocycles. The number of hydrogen-bond donors (Lipinski definition) is 1. The molecule has 19 heavy (non-hydrogen) atoms. The van der Waals surface area contributed by atoms with E-state index in [2.05, 4.69) is 24.2 Å². The predicted octanol–water partition coefficient (Wildman–Crippen LogP) is 0.889. The molecule has 0 saturated carbocycles. The Morgan fingerprint density at radius 2 is 2.21 bits per heavy atom. The summed E-state index contributed by atoms with van der Waals surface area (Å²) in [6.07, 6.45) is 5.01. The topological polar surface area (TPSA) is 77.0 Å². The Labute approximate surface area is 113 Å². The van der Waals surface area contributed by atoms with Gasteiger partial charge in [0.1, 0.15) is 0 Å². The van der Waals surface area contributed by atoms with Crippen molar-refractivity contribution in [2.75, 3.05) is 19.6 Å². The second kappa shape index (κ2) is 5.69. The van der Waals surface area contributed by atoms with Gasteiger partial charge in [-0.15, -0.1) is 5.10 Å². The fourth-order valence-electron chi connectivity index (χ4n) is 2.74. The molecule has 0 atom stereocenters. The second-order valence-electron chi connectivity index (χ2n) is 5.34. The average molecular weight is 265 g/mol. The zero-order valence-electron chi connectivity index (χ0n) is 11.8. The molecule has 106 valence electrons. The van der Waals surface area contributed by atoms with E-state index in [1.165, 1.54) is 0 Å². The third kappa shape index (κ3) is 2.78. The molecule has 0 spiro atoms. The highest BCUT2D eigenvalue weighted by atomic mass is 16.2. The van der Waals surface area contributed by atoms with Gasteiger partial charge in [-0.25, -0.2) is 0 Å². The van der Waals surface area contributed by atoms with Crippen molar-refractivity contribution >= 4 is 5.91 Å². The largest absolute Gasteiger partial charge is 0.337 e. The Hall–Kier alpha value is -1.43. The fraction of sp³-hybridized carbons (Fsp3) is 0.769. The van der Waals surface area contributed by atoms with Gasteiger partial charge < -0.3 is 10.6 Å². The average Bonchev–Trinajstić information content (AvgIpc) is 3.05. The van der Waals surface area contributed by atoms with Crippen molar-refractivity contribution in [3.63, 3.8) is 0 Å². The van der Waals surface area contributed by atoms with Crippen molar-refractivity contribution in [3.8, 4) is 0 Å². The third-order valence-corrected chi connectivity index (χ3v) is 4.34. The van der Waals surface area contributed by atoms with Crippen LogP contribution in [0.4, 0.5) is 0 Å². The maximum absolute atomic E-state index is 12.4. The van der Waals surface area contributed by atoms with Gasteiger partial charge in [0.15, 0.2) is 5.69 Å². The molecule has 6 heteroatoms. The number of carbonyl (C=O) groups excluding carboxylic acids is 1. The molecule has 0 aliphatic carbocycles. The summed E-state index contributed by atoms with van der Waals surface area (Å²) in [6.45, 7) is 7.15. The number of rotatable bonds is 5.